The van der Waals surface area contributed by atoms with Crippen LogP contribution in [0.4, 0.5) is 11.5 Å². The Balaban J connectivity index is 2.22. The number of nitrogens with one attached hydrogen (secondary N) is 2. The topological polar surface area (TPSA) is 110 Å². The summed E-state index contributed by atoms with van der Waals surface area (Å²) < 4.78 is 0. The van der Waals surface area contributed by atoms with E-state index >= 15 is 0 Å². The Hall–Kier alpha value is -2.21. The summed E-state index contributed by atoms with van der Waals surface area (Å²) in [7, 11) is 0. The van der Waals surface area contributed by atoms with E-state index < -0.39 is 5.91 Å². The Morgan fingerprint density at radius 1 is 1.50 bits per heavy atom. The van der Waals surface area contributed by atoms with Crippen molar-refractivity contribution in [2.75, 3.05) is 11.1 Å². The Labute approximate surface area is 108 Å². The minimum absolute atomic E-state index is 0.265. The number of nitrogens with two attached hydrogens (primary N) is 2. The van der Waals surface area contributed by atoms with Crippen LogP contribution in [0.2, 0.25) is 5.02 Å². The van der Waals surface area contributed by atoms with Gasteiger partial charge in [0.2, 0.25) is 0 Å². The molecule has 6 nitrogen and oxygen atoms in total. The van der Waals surface area contributed by atoms with Crippen molar-refractivity contribution in [3.8, 4) is 0 Å². The van der Waals surface area contributed by atoms with E-state index in [0.717, 1.165) is 5.56 Å². The van der Waals surface area contributed by atoms with Crippen LogP contribution in [-0.4, -0.2) is 16.1 Å². The molecule has 7 heteroatoms. The maximum atomic E-state index is 11.3. The summed E-state index contributed by atoms with van der Waals surface area (Å²) in [6.07, 6.45) is 1.61. The molecule has 0 saturated heterocycles. The number of aromatic amines is 1. The summed E-state index contributed by atoms with van der Waals surface area (Å²) in [6.45, 7) is 0.420. The number of rotatable bonds is 4. The summed E-state index contributed by atoms with van der Waals surface area (Å²) >= 11 is 5.93. The van der Waals surface area contributed by atoms with E-state index in [9.17, 15) is 4.79 Å². The van der Waals surface area contributed by atoms with Gasteiger partial charge in [-0.2, -0.15) is 5.10 Å². The third kappa shape index (κ3) is 2.38. The van der Waals surface area contributed by atoms with E-state index in [1.54, 1.807) is 24.4 Å². The normalized spacial score (nSPS) is 10.3. The highest BCUT2D eigenvalue weighted by atomic mass is 35.5. The molecule has 0 unspecified atom stereocenters. The third-order valence-corrected chi connectivity index (χ3v) is 2.80. The molecule has 6 N–H and O–H groups in total. The molecule has 1 amide bonds. The van der Waals surface area contributed by atoms with Crippen molar-refractivity contribution in [3.63, 3.8) is 0 Å². The quantitative estimate of drug-likeness (QED) is 0.669. The molecular weight excluding hydrogens is 254 g/mol. The van der Waals surface area contributed by atoms with Gasteiger partial charge in [0.15, 0.2) is 0 Å². The zero-order valence-corrected chi connectivity index (χ0v) is 10.2. The summed E-state index contributed by atoms with van der Waals surface area (Å²) in [6, 6.07) is 5.07. The average molecular weight is 266 g/mol. The molecule has 1 heterocycles. The molecule has 0 saturated carbocycles. The van der Waals surface area contributed by atoms with Gasteiger partial charge in [-0.1, -0.05) is 17.7 Å². The first-order valence-corrected chi connectivity index (χ1v) is 5.57. The Morgan fingerprint density at radius 2 is 2.28 bits per heavy atom. The molecule has 0 aliphatic rings. The van der Waals surface area contributed by atoms with Gasteiger partial charge in [0.1, 0.15) is 5.82 Å². The summed E-state index contributed by atoms with van der Waals surface area (Å²) in [5.74, 6) is -0.103. The van der Waals surface area contributed by atoms with Crippen LogP contribution < -0.4 is 16.8 Å². The summed E-state index contributed by atoms with van der Waals surface area (Å²) in [5, 5.41) is 9.79. The molecular formula is C11H12ClN5O. The molecule has 0 bridgehead atoms. The van der Waals surface area contributed by atoms with Crippen molar-refractivity contribution < 1.29 is 4.79 Å². The van der Waals surface area contributed by atoms with Crippen molar-refractivity contribution in [2.24, 2.45) is 5.73 Å². The number of H-pyrrole nitrogens is 1. The molecule has 0 spiro atoms. The van der Waals surface area contributed by atoms with Crippen LogP contribution >= 0.6 is 11.6 Å². The highest BCUT2D eigenvalue weighted by Gasteiger charge is 2.12. The zero-order chi connectivity index (χ0) is 13.1. The maximum Gasteiger partial charge on any atom is 0.252 e. The van der Waals surface area contributed by atoms with Gasteiger partial charge in [0, 0.05) is 17.8 Å². The van der Waals surface area contributed by atoms with Crippen LogP contribution in [0.3, 0.4) is 0 Å². The van der Waals surface area contributed by atoms with Gasteiger partial charge in [-0.25, -0.2) is 0 Å². The monoisotopic (exact) mass is 265 g/mol. The highest BCUT2D eigenvalue weighted by molar-refractivity contribution is 6.34. The maximum absolute atomic E-state index is 11.3. The van der Waals surface area contributed by atoms with Gasteiger partial charge in [0.25, 0.3) is 5.91 Å². The molecule has 0 atom stereocenters. The number of aromatic nitrogens is 2. The molecule has 18 heavy (non-hydrogen) atoms. The van der Waals surface area contributed by atoms with Crippen LogP contribution in [0.25, 0.3) is 0 Å². The fourth-order valence-electron chi connectivity index (χ4n) is 1.57. The molecule has 94 valence electrons. The van der Waals surface area contributed by atoms with Gasteiger partial charge in [-0.15, -0.1) is 0 Å². The first-order chi connectivity index (χ1) is 8.59. The van der Waals surface area contributed by atoms with Gasteiger partial charge < -0.3 is 16.8 Å². The SMILES string of the molecule is NC(=O)c1c(Cl)cccc1NCc1cn[nH]c1N. The van der Waals surface area contributed by atoms with E-state index in [4.69, 9.17) is 23.1 Å². The number of hydrogen-bond acceptors (Lipinski definition) is 4. The number of hydrogen-bond donors (Lipinski definition) is 4. The van der Waals surface area contributed by atoms with E-state index in [0.29, 0.717) is 23.1 Å². The fraction of sp³-hybridized carbons (Fsp3) is 0.0909. The number of halogens is 1. The molecule has 0 aliphatic heterocycles. The van der Waals surface area contributed by atoms with Crippen LogP contribution in [0.5, 0.6) is 0 Å². The molecule has 1 aromatic heterocycles. The average Bonchev–Trinajstić information content (AvgIpc) is 2.71. The standard InChI is InChI=1S/C11H12ClN5O/c12-7-2-1-3-8(9(7)11(14)18)15-4-6-5-16-17-10(6)13/h1-3,5,15H,4H2,(H2,14,18)(H3,13,16,17). The van der Waals surface area contributed by atoms with Gasteiger partial charge >= 0.3 is 0 Å². The van der Waals surface area contributed by atoms with Gasteiger partial charge in [-0.05, 0) is 12.1 Å². The van der Waals surface area contributed by atoms with Crippen LogP contribution in [0.1, 0.15) is 15.9 Å². The van der Waals surface area contributed by atoms with Gasteiger partial charge in [-0.3, -0.25) is 9.89 Å². The predicted molar refractivity (Wildman–Crippen MR) is 70.3 cm³/mol. The second kappa shape index (κ2) is 4.97. The lowest BCUT2D eigenvalue weighted by molar-refractivity contribution is 0.100. The second-order valence-electron chi connectivity index (χ2n) is 3.69. The van der Waals surface area contributed by atoms with E-state index in [2.05, 4.69) is 15.5 Å². The van der Waals surface area contributed by atoms with E-state index in [-0.39, 0.29) is 5.56 Å². The highest BCUT2D eigenvalue weighted by Crippen LogP contribution is 2.24. The Morgan fingerprint density at radius 3 is 2.89 bits per heavy atom. The van der Waals surface area contributed by atoms with Crippen LogP contribution in [-0.2, 0) is 6.54 Å². The zero-order valence-electron chi connectivity index (χ0n) is 9.40. The van der Waals surface area contributed by atoms with Crippen molar-refractivity contribution in [1.82, 2.24) is 10.2 Å². The lowest BCUT2D eigenvalue weighted by Crippen LogP contribution is -2.15. The number of anilines is 2. The largest absolute Gasteiger partial charge is 0.384 e. The summed E-state index contributed by atoms with van der Waals surface area (Å²) in [4.78, 5) is 11.3. The number of amides is 1. The van der Waals surface area contributed by atoms with Crippen molar-refractivity contribution in [1.29, 1.82) is 0 Å². The number of benzene rings is 1. The summed E-state index contributed by atoms with van der Waals surface area (Å²) in [5.41, 5.74) is 12.6. The second-order valence-corrected chi connectivity index (χ2v) is 4.10. The Kier molecular flexibility index (Phi) is 3.38. The molecule has 1 aromatic carbocycles. The first-order valence-electron chi connectivity index (χ1n) is 5.19. The number of carbonyl (C=O) groups excluding carboxylic acids is 1. The molecule has 0 aliphatic carbocycles. The van der Waals surface area contributed by atoms with Crippen molar-refractivity contribution in [3.05, 3.63) is 40.5 Å². The third-order valence-electron chi connectivity index (χ3n) is 2.48. The first kappa shape index (κ1) is 12.3. The minimum atomic E-state index is -0.580. The smallest absolute Gasteiger partial charge is 0.252 e. The Bertz CT molecular complexity index is 581. The number of carbonyl (C=O) groups is 1. The number of nitrogen functional groups attached to an aromatic ring is 1. The number of primary amides is 1. The minimum Gasteiger partial charge on any atom is -0.384 e. The lowest BCUT2D eigenvalue weighted by atomic mass is 10.1. The molecule has 2 rings (SSSR count). The fourth-order valence-corrected chi connectivity index (χ4v) is 1.84. The van der Waals surface area contributed by atoms with Crippen molar-refractivity contribution >= 4 is 29.0 Å². The van der Waals surface area contributed by atoms with Gasteiger partial charge in [0.05, 0.1) is 16.8 Å². The predicted octanol–water partition coefficient (Wildman–Crippen LogP) is 1.36. The van der Waals surface area contributed by atoms with E-state index in [1.165, 1.54) is 0 Å². The van der Waals surface area contributed by atoms with Crippen LogP contribution in [0, 0.1) is 0 Å². The number of nitrogens with zero attached hydrogens (tertiary/aromatic N) is 1. The van der Waals surface area contributed by atoms with Crippen LogP contribution in [0.15, 0.2) is 24.4 Å². The van der Waals surface area contributed by atoms with E-state index in [1.807, 2.05) is 0 Å². The molecule has 0 fully saturated rings. The molecule has 2 aromatic rings. The lowest BCUT2D eigenvalue weighted by Gasteiger charge is -2.10. The van der Waals surface area contributed by atoms with Crippen molar-refractivity contribution in [2.45, 2.75) is 6.54 Å². The molecule has 0 radical (unpaired) electrons.